The zero-order valence-corrected chi connectivity index (χ0v) is 10.6. The van der Waals surface area contributed by atoms with Gasteiger partial charge in [-0.05, 0) is 6.08 Å². The highest BCUT2D eigenvalue weighted by molar-refractivity contribution is 5.70. The van der Waals surface area contributed by atoms with Crippen molar-refractivity contribution in [2.75, 3.05) is 6.54 Å². The van der Waals surface area contributed by atoms with Gasteiger partial charge in [0.2, 0.25) is 0 Å². The summed E-state index contributed by atoms with van der Waals surface area (Å²) in [4.78, 5) is 8.78. The summed E-state index contributed by atoms with van der Waals surface area (Å²) in [5.41, 5.74) is 1.38. The molecule has 0 saturated carbocycles. The van der Waals surface area contributed by atoms with Gasteiger partial charge < -0.3 is 9.90 Å². The van der Waals surface area contributed by atoms with Gasteiger partial charge in [0.15, 0.2) is 12.8 Å². The number of carbonyl (C=O) groups excluding carboxylic acids is 1. The van der Waals surface area contributed by atoms with Crippen LogP contribution < -0.4 is 5.11 Å². The van der Waals surface area contributed by atoms with Crippen molar-refractivity contribution < 1.29 is 27.6 Å². The number of carbonyl (C=O) groups is 1. The van der Waals surface area contributed by atoms with E-state index in [1.807, 2.05) is 0 Å². The molecule has 0 amide bonds. The SMILES string of the molecule is C1=CCC[N+](Cc2ccccc2)=C1.O=C([O-])C(F)(F)F. The van der Waals surface area contributed by atoms with E-state index < -0.39 is 12.1 Å². The van der Waals surface area contributed by atoms with Gasteiger partial charge in [-0.3, -0.25) is 0 Å². The molecular weight excluding hydrogens is 271 g/mol. The highest BCUT2D eigenvalue weighted by Gasteiger charge is 2.28. The predicted molar refractivity (Wildman–Crippen MR) is 66.2 cm³/mol. The van der Waals surface area contributed by atoms with Crippen molar-refractivity contribution in [1.82, 2.24) is 0 Å². The highest BCUT2D eigenvalue weighted by atomic mass is 19.4. The summed E-state index contributed by atoms with van der Waals surface area (Å²) in [6.45, 7) is 2.18. The van der Waals surface area contributed by atoms with Crippen LogP contribution in [-0.2, 0) is 11.3 Å². The number of allylic oxidation sites excluding steroid dienone is 1. The van der Waals surface area contributed by atoms with Crippen LogP contribution in [-0.4, -0.2) is 29.5 Å². The number of carboxylic acids is 1. The van der Waals surface area contributed by atoms with Gasteiger partial charge in [0.1, 0.15) is 12.5 Å². The van der Waals surface area contributed by atoms with Crippen LogP contribution in [0, 0.1) is 0 Å². The highest BCUT2D eigenvalue weighted by Crippen LogP contribution is 2.11. The van der Waals surface area contributed by atoms with Crippen LogP contribution in [0.2, 0.25) is 0 Å². The molecule has 0 radical (unpaired) electrons. The molecule has 1 aromatic carbocycles. The van der Waals surface area contributed by atoms with E-state index in [4.69, 9.17) is 9.90 Å². The van der Waals surface area contributed by atoms with Gasteiger partial charge in [-0.2, -0.15) is 13.2 Å². The van der Waals surface area contributed by atoms with E-state index in [0.717, 1.165) is 13.1 Å². The first-order chi connectivity index (χ1) is 9.39. The van der Waals surface area contributed by atoms with Crippen LogP contribution in [0.5, 0.6) is 0 Å². The zero-order valence-electron chi connectivity index (χ0n) is 10.6. The molecule has 0 bridgehead atoms. The van der Waals surface area contributed by atoms with Crippen molar-refractivity contribution in [3.63, 3.8) is 0 Å². The van der Waals surface area contributed by atoms with Crippen molar-refractivity contribution in [2.24, 2.45) is 0 Å². The first-order valence-electron chi connectivity index (χ1n) is 5.96. The molecule has 0 spiro atoms. The Kier molecular flexibility index (Phi) is 5.96. The number of alkyl halides is 3. The Balaban J connectivity index is 0.000000246. The zero-order chi connectivity index (χ0) is 15.0. The lowest BCUT2D eigenvalue weighted by Gasteiger charge is -2.04. The molecule has 0 atom stereocenters. The molecule has 20 heavy (non-hydrogen) atoms. The maximum Gasteiger partial charge on any atom is 0.430 e. The van der Waals surface area contributed by atoms with Gasteiger partial charge in [0, 0.05) is 12.0 Å². The van der Waals surface area contributed by atoms with Gasteiger partial charge >= 0.3 is 6.18 Å². The van der Waals surface area contributed by atoms with E-state index in [9.17, 15) is 13.2 Å². The lowest BCUT2D eigenvalue weighted by molar-refractivity contribution is -0.539. The summed E-state index contributed by atoms with van der Waals surface area (Å²) in [6.07, 6.45) is 2.48. The van der Waals surface area contributed by atoms with Crippen molar-refractivity contribution in [2.45, 2.75) is 19.1 Å². The van der Waals surface area contributed by atoms with E-state index in [1.54, 1.807) is 0 Å². The Morgan fingerprint density at radius 2 is 1.85 bits per heavy atom. The van der Waals surface area contributed by atoms with Gasteiger partial charge in [-0.25, -0.2) is 4.58 Å². The molecule has 0 saturated heterocycles. The van der Waals surface area contributed by atoms with Crippen LogP contribution in [0.15, 0.2) is 42.5 Å². The Hall–Kier alpha value is -2.11. The largest absolute Gasteiger partial charge is 0.542 e. The normalized spacial score (nSPS) is 14.1. The minimum absolute atomic E-state index is 1.03. The van der Waals surface area contributed by atoms with Crippen LogP contribution >= 0.6 is 0 Å². The van der Waals surface area contributed by atoms with Crippen LogP contribution in [0.3, 0.4) is 0 Å². The Morgan fingerprint density at radius 1 is 1.25 bits per heavy atom. The minimum atomic E-state index is -5.19. The molecule has 0 aliphatic carbocycles. The fourth-order valence-corrected chi connectivity index (χ4v) is 1.54. The number of carboxylic acid groups (broad SMARTS) is 1. The fraction of sp³-hybridized carbons (Fsp3) is 0.286. The molecule has 3 nitrogen and oxygen atoms in total. The van der Waals surface area contributed by atoms with Gasteiger partial charge in [0.05, 0.1) is 0 Å². The Morgan fingerprint density at radius 3 is 2.30 bits per heavy atom. The maximum absolute atomic E-state index is 10.5. The van der Waals surface area contributed by atoms with Crippen molar-refractivity contribution >= 4 is 12.2 Å². The lowest BCUT2D eigenvalue weighted by atomic mass is 10.2. The summed E-state index contributed by atoms with van der Waals surface area (Å²) in [5, 5.41) is 8.78. The first-order valence-corrected chi connectivity index (χ1v) is 5.96. The third-order valence-electron chi connectivity index (χ3n) is 2.48. The van der Waals surface area contributed by atoms with Crippen molar-refractivity contribution in [1.29, 1.82) is 0 Å². The average Bonchev–Trinajstić information content (AvgIpc) is 2.40. The monoisotopic (exact) mass is 285 g/mol. The number of hydrogen-bond donors (Lipinski definition) is 0. The summed E-state index contributed by atoms with van der Waals surface area (Å²) in [6, 6.07) is 10.6. The molecule has 6 heteroatoms. The van der Waals surface area contributed by atoms with Crippen molar-refractivity contribution in [3.8, 4) is 0 Å². The molecule has 108 valence electrons. The quantitative estimate of drug-likeness (QED) is 0.773. The summed E-state index contributed by atoms with van der Waals surface area (Å²) < 4.78 is 33.9. The first kappa shape index (κ1) is 15.9. The van der Waals surface area contributed by atoms with Gasteiger partial charge in [0.25, 0.3) is 0 Å². The number of halogens is 3. The lowest BCUT2D eigenvalue weighted by Crippen LogP contribution is -2.37. The Labute approximate surface area is 114 Å². The second kappa shape index (κ2) is 7.47. The molecule has 0 unspecified atom stereocenters. The van der Waals surface area contributed by atoms with E-state index in [-0.39, 0.29) is 0 Å². The minimum Gasteiger partial charge on any atom is -0.542 e. The topological polar surface area (TPSA) is 43.1 Å². The second-order valence-electron chi connectivity index (χ2n) is 4.11. The number of nitrogens with zero attached hydrogens (tertiary/aromatic N) is 1. The smallest absolute Gasteiger partial charge is 0.430 e. The molecule has 2 rings (SSSR count). The van der Waals surface area contributed by atoms with Gasteiger partial charge in [-0.15, -0.1) is 0 Å². The summed E-state index contributed by atoms with van der Waals surface area (Å²) >= 11 is 0. The number of benzene rings is 1. The van der Waals surface area contributed by atoms with Crippen LogP contribution in [0.4, 0.5) is 13.2 Å². The third-order valence-corrected chi connectivity index (χ3v) is 2.48. The standard InChI is InChI=1S/C12H14N.C2HF3O2/c1-3-7-12(8-4-1)11-13-9-5-2-6-10-13;3-2(4,5)1(6)7/h1-5,7-9H,6,10-11H2;(H,6,7)/q+1;/p-1. The molecule has 0 fully saturated rings. The predicted octanol–water partition coefficient (Wildman–Crippen LogP) is 1.53. The Bertz CT molecular complexity index is 493. The van der Waals surface area contributed by atoms with E-state index in [2.05, 4.69) is 53.3 Å². The number of rotatable bonds is 2. The third kappa shape index (κ3) is 6.17. The molecule has 1 aromatic rings. The molecular formula is C14H14F3NO2. The van der Waals surface area contributed by atoms with Gasteiger partial charge in [-0.1, -0.05) is 36.4 Å². The molecule has 1 aliphatic heterocycles. The summed E-state index contributed by atoms with van der Waals surface area (Å²) in [7, 11) is 0. The maximum atomic E-state index is 10.5. The fourth-order valence-electron chi connectivity index (χ4n) is 1.54. The van der Waals surface area contributed by atoms with Crippen molar-refractivity contribution in [3.05, 3.63) is 48.0 Å². The van der Waals surface area contributed by atoms with E-state index in [1.165, 1.54) is 12.0 Å². The molecule has 1 heterocycles. The van der Waals surface area contributed by atoms with E-state index in [0.29, 0.717) is 0 Å². The molecule has 1 aliphatic rings. The number of hydrogen-bond acceptors (Lipinski definition) is 2. The number of aliphatic carboxylic acids is 1. The molecule has 0 N–H and O–H groups in total. The molecule has 0 aromatic heterocycles. The van der Waals surface area contributed by atoms with E-state index >= 15 is 0 Å². The van der Waals surface area contributed by atoms with Crippen LogP contribution in [0.25, 0.3) is 0 Å². The van der Waals surface area contributed by atoms with Crippen LogP contribution in [0.1, 0.15) is 12.0 Å². The second-order valence-corrected chi connectivity index (χ2v) is 4.11. The summed E-state index contributed by atoms with van der Waals surface area (Å²) in [5.74, 6) is -3.01. The average molecular weight is 285 g/mol.